The first-order chi connectivity index (χ1) is 11.9. The van der Waals surface area contributed by atoms with Gasteiger partial charge in [0.25, 0.3) is 11.4 Å². The third kappa shape index (κ3) is 1.87. The van der Waals surface area contributed by atoms with Crippen LogP contribution in [0.25, 0.3) is 11.4 Å². The van der Waals surface area contributed by atoms with Crippen molar-refractivity contribution in [1.82, 2.24) is 0 Å². The van der Waals surface area contributed by atoms with Crippen molar-refractivity contribution in [2.24, 2.45) is 0 Å². The second-order valence-electron chi connectivity index (χ2n) is 7.38. The molecule has 0 radical (unpaired) electrons. The van der Waals surface area contributed by atoms with Gasteiger partial charge >= 0.3 is 0 Å². The largest absolute Gasteiger partial charge is 0.278 e. The molecule has 0 saturated heterocycles. The summed E-state index contributed by atoms with van der Waals surface area (Å²) in [5.41, 5.74) is 9.58. The lowest BCUT2D eigenvalue weighted by Crippen LogP contribution is -2.43. The molecule has 2 aromatic rings. The highest BCUT2D eigenvalue weighted by molar-refractivity contribution is 7.99. The fraction of sp³-hybridized carbons (Fsp3) is 0.500. The van der Waals surface area contributed by atoms with E-state index in [0.717, 1.165) is 0 Å². The molecular weight excluding hydrogens is 332 g/mol. The summed E-state index contributed by atoms with van der Waals surface area (Å²) in [5.74, 6) is 2.49. The molecule has 0 aromatic carbocycles. The van der Waals surface area contributed by atoms with Gasteiger partial charge < -0.3 is 0 Å². The van der Waals surface area contributed by atoms with Crippen molar-refractivity contribution in [3.8, 4) is 11.4 Å². The minimum absolute atomic E-state index is 1.18. The number of nitrogens with zero attached hydrogens (tertiary/aromatic N) is 2. The zero-order valence-electron chi connectivity index (χ0n) is 13.9. The van der Waals surface area contributed by atoms with Gasteiger partial charge in [0, 0.05) is 23.3 Å². The van der Waals surface area contributed by atoms with Gasteiger partial charge in [0.05, 0.1) is 11.5 Å². The number of fused-ring (bicyclic) bond motifs is 6. The Labute approximate surface area is 151 Å². The van der Waals surface area contributed by atoms with Crippen LogP contribution in [0.15, 0.2) is 22.2 Å². The Morgan fingerprint density at radius 2 is 1.17 bits per heavy atom. The zero-order chi connectivity index (χ0) is 15.7. The molecule has 4 heteroatoms. The van der Waals surface area contributed by atoms with E-state index in [0.29, 0.717) is 0 Å². The van der Waals surface area contributed by atoms with Crippen LogP contribution in [-0.4, -0.2) is 11.5 Å². The van der Waals surface area contributed by atoms with Crippen molar-refractivity contribution in [3.05, 3.63) is 34.4 Å². The van der Waals surface area contributed by atoms with Crippen LogP contribution < -0.4 is 9.13 Å². The number of hydrogen-bond acceptors (Lipinski definition) is 2. The highest BCUT2D eigenvalue weighted by atomic mass is 32.2. The van der Waals surface area contributed by atoms with Crippen molar-refractivity contribution >= 4 is 23.5 Å². The van der Waals surface area contributed by atoms with Gasteiger partial charge in [-0.15, -0.1) is 0 Å². The Kier molecular flexibility index (Phi) is 3.10. The van der Waals surface area contributed by atoms with Gasteiger partial charge in [0.15, 0.2) is 13.1 Å². The Hall–Kier alpha value is -1.000. The van der Waals surface area contributed by atoms with Gasteiger partial charge in [0.2, 0.25) is 10.1 Å². The Morgan fingerprint density at radius 1 is 0.667 bits per heavy atom. The first-order valence-electron chi connectivity index (χ1n) is 9.33. The molecule has 2 nitrogen and oxygen atoms in total. The molecule has 4 heterocycles. The molecule has 0 atom stereocenters. The Bertz CT molecular complexity index is 815. The molecule has 122 valence electrons. The van der Waals surface area contributed by atoms with E-state index in [4.69, 9.17) is 0 Å². The first kappa shape index (κ1) is 14.2. The number of thioether (sulfide) groups is 2. The molecule has 6 rings (SSSR count). The molecule has 2 aliphatic heterocycles. The highest BCUT2D eigenvalue weighted by Crippen LogP contribution is 2.38. The lowest BCUT2D eigenvalue weighted by Gasteiger charge is -2.09. The predicted molar refractivity (Wildman–Crippen MR) is 97.8 cm³/mol. The standard InChI is InChI=1S/C20H22N2S2/c1-3-13-11-17(21-7-9-23-19(21)15(13)5-1)18-12-14-4-2-6-16(14)20-22(18)8-10-24-20/h11-12H,1-10H2/q+2. The second kappa shape index (κ2) is 5.25. The molecule has 0 N–H and O–H groups in total. The van der Waals surface area contributed by atoms with E-state index in [1.807, 2.05) is 0 Å². The van der Waals surface area contributed by atoms with E-state index >= 15 is 0 Å². The van der Waals surface area contributed by atoms with Gasteiger partial charge in [-0.25, -0.2) is 0 Å². The number of rotatable bonds is 1. The smallest absolute Gasteiger partial charge is 0.180 e. The number of aromatic nitrogens is 2. The Morgan fingerprint density at radius 3 is 1.67 bits per heavy atom. The van der Waals surface area contributed by atoms with Gasteiger partial charge in [0.1, 0.15) is 0 Å². The van der Waals surface area contributed by atoms with Crippen LogP contribution in [0.4, 0.5) is 0 Å². The second-order valence-corrected chi connectivity index (χ2v) is 9.55. The normalized spacial score (nSPS) is 20.2. The maximum atomic E-state index is 2.64. The van der Waals surface area contributed by atoms with Crippen LogP contribution in [0.3, 0.4) is 0 Å². The van der Waals surface area contributed by atoms with Crippen LogP contribution in [0.1, 0.15) is 35.1 Å². The van der Waals surface area contributed by atoms with Crippen LogP contribution in [0.2, 0.25) is 0 Å². The van der Waals surface area contributed by atoms with E-state index in [1.165, 1.54) is 74.5 Å². The molecule has 24 heavy (non-hydrogen) atoms. The molecule has 0 unspecified atom stereocenters. The summed E-state index contributed by atoms with van der Waals surface area (Å²) >= 11 is 4.18. The van der Waals surface area contributed by atoms with E-state index in [-0.39, 0.29) is 0 Å². The summed E-state index contributed by atoms with van der Waals surface area (Å²) in [4.78, 5) is 0. The molecule has 0 spiro atoms. The van der Waals surface area contributed by atoms with E-state index < -0.39 is 0 Å². The molecule has 2 aliphatic carbocycles. The van der Waals surface area contributed by atoms with E-state index in [9.17, 15) is 0 Å². The molecular formula is C20H22N2S2+2. The van der Waals surface area contributed by atoms with Crippen molar-refractivity contribution in [2.75, 3.05) is 11.5 Å². The topological polar surface area (TPSA) is 7.76 Å². The monoisotopic (exact) mass is 354 g/mol. The van der Waals surface area contributed by atoms with Crippen LogP contribution >= 0.6 is 23.5 Å². The molecule has 0 amide bonds. The summed E-state index contributed by atoms with van der Waals surface area (Å²) in [5, 5.41) is 3.17. The fourth-order valence-electron chi connectivity index (χ4n) is 5.04. The van der Waals surface area contributed by atoms with Gasteiger partial charge in [-0.3, -0.25) is 0 Å². The van der Waals surface area contributed by atoms with Gasteiger partial charge in [-0.2, -0.15) is 9.13 Å². The minimum Gasteiger partial charge on any atom is -0.180 e. The number of hydrogen-bond donors (Lipinski definition) is 0. The van der Waals surface area contributed by atoms with Gasteiger partial charge in [-0.05, 0) is 49.7 Å². The summed E-state index contributed by atoms with van der Waals surface area (Å²) in [6, 6.07) is 5.09. The fourth-order valence-corrected chi connectivity index (χ4v) is 7.48. The Balaban J connectivity index is 1.64. The van der Waals surface area contributed by atoms with E-state index in [1.54, 1.807) is 32.3 Å². The third-order valence-electron chi connectivity index (χ3n) is 6.10. The lowest BCUT2D eigenvalue weighted by atomic mass is 10.1. The lowest BCUT2D eigenvalue weighted by molar-refractivity contribution is -0.741. The summed E-state index contributed by atoms with van der Waals surface area (Å²) < 4.78 is 5.28. The highest BCUT2D eigenvalue weighted by Gasteiger charge is 2.39. The van der Waals surface area contributed by atoms with Crippen LogP contribution in [-0.2, 0) is 38.8 Å². The van der Waals surface area contributed by atoms with Crippen molar-refractivity contribution in [1.29, 1.82) is 0 Å². The molecule has 0 bridgehead atoms. The average Bonchev–Trinajstić information content (AvgIpc) is 3.38. The van der Waals surface area contributed by atoms with Crippen LogP contribution in [0.5, 0.6) is 0 Å². The number of aryl methyl sites for hydroxylation is 2. The van der Waals surface area contributed by atoms with Crippen molar-refractivity contribution in [3.63, 3.8) is 0 Å². The van der Waals surface area contributed by atoms with Crippen molar-refractivity contribution in [2.45, 2.75) is 61.7 Å². The van der Waals surface area contributed by atoms with Crippen molar-refractivity contribution < 1.29 is 9.13 Å². The summed E-state index contributed by atoms with van der Waals surface area (Å²) in [6.07, 6.45) is 7.84. The van der Waals surface area contributed by atoms with Crippen LogP contribution in [0, 0.1) is 0 Å². The maximum absolute atomic E-state index is 2.64. The summed E-state index contributed by atoms with van der Waals surface area (Å²) in [6.45, 7) is 2.37. The van der Waals surface area contributed by atoms with Gasteiger partial charge in [-0.1, -0.05) is 23.5 Å². The number of pyridine rings is 2. The van der Waals surface area contributed by atoms with E-state index in [2.05, 4.69) is 44.8 Å². The molecule has 0 saturated carbocycles. The quantitative estimate of drug-likeness (QED) is 0.727. The average molecular weight is 355 g/mol. The zero-order valence-corrected chi connectivity index (χ0v) is 15.6. The third-order valence-corrected chi connectivity index (χ3v) is 8.35. The molecule has 2 aromatic heterocycles. The first-order valence-corrected chi connectivity index (χ1v) is 11.3. The maximum Gasteiger partial charge on any atom is 0.278 e. The molecule has 4 aliphatic rings. The predicted octanol–water partition coefficient (Wildman–Crippen LogP) is 3.12. The SMILES string of the molecule is c1c2c(c3[n+](c1-c1cc4c(c5[n+]1CCS5)CCC4)CCS3)CCC2. The summed E-state index contributed by atoms with van der Waals surface area (Å²) in [7, 11) is 0. The minimum atomic E-state index is 1.18. The molecule has 0 fully saturated rings.